The number of carbonyl (C=O) groups is 1. The molecule has 23 heavy (non-hydrogen) atoms. The first-order valence-corrected chi connectivity index (χ1v) is 8.96. The highest BCUT2D eigenvalue weighted by atomic mass is 79.9. The molecule has 1 amide bonds. The van der Waals surface area contributed by atoms with E-state index in [1.807, 2.05) is 39.0 Å². The minimum absolute atomic E-state index is 0.147. The van der Waals surface area contributed by atoms with Gasteiger partial charge in [0.2, 0.25) is 0 Å². The summed E-state index contributed by atoms with van der Waals surface area (Å²) in [5, 5.41) is 6.51. The smallest absolute Gasteiger partial charge is 0.407 e. The number of rotatable bonds is 7. The number of hydrogen-bond donors (Lipinski definition) is 2. The lowest BCUT2D eigenvalue weighted by atomic mass is 9.92. The van der Waals surface area contributed by atoms with Crippen molar-refractivity contribution in [3.63, 3.8) is 0 Å². The molecule has 0 spiro atoms. The number of halogens is 1. The normalized spacial score (nSPS) is 12.1. The SMILES string of the molecule is CCC(CC)(CNC(=O)OC(C)(C)C)NCc1ccccc1Br. The molecule has 0 aliphatic carbocycles. The maximum absolute atomic E-state index is 11.9. The summed E-state index contributed by atoms with van der Waals surface area (Å²) in [6.07, 6.45) is 1.47. The fraction of sp³-hybridized carbons (Fsp3) is 0.611. The fourth-order valence-electron chi connectivity index (χ4n) is 2.29. The van der Waals surface area contributed by atoms with Crippen molar-refractivity contribution in [3.8, 4) is 0 Å². The summed E-state index contributed by atoms with van der Waals surface area (Å²) in [4.78, 5) is 11.9. The van der Waals surface area contributed by atoms with Gasteiger partial charge in [-0.05, 0) is 45.2 Å². The van der Waals surface area contributed by atoms with Crippen LogP contribution in [0.1, 0.15) is 53.0 Å². The van der Waals surface area contributed by atoms with Crippen molar-refractivity contribution in [3.05, 3.63) is 34.3 Å². The third kappa shape index (κ3) is 6.92. The number of benzene rings is 1. The zero-order chi connectivity index (χ0) is 17.5. The van der Waals surface area contributed by atoms with E-state index in [-0.39, 0.29) is 11.6 Å². The van der Waals surface area contributed by atoms with Gasteiger partial charge in [0.1, 0.15) is 5.60 Å². The molecule has 2 N–H and O–H groups in total. The summed E-state index contributed by atoms with van der Waals surface area (Å²) in [6.45, 7) is 11.2. The summed E-state index contributed by atoms with van der Waals surface area (Å²) in [5.41, 5.74) is 0.579. The summed E-state index contributed by atoms with van der Waals surface area (Å²) in [7, 11) is 0. The number of alkyl carbamates (subject to hydrolysis) is 1. The van der Waals surface area contributed by atoms with Gasteiger partial charge in [-0.15, -0.1) is 0 Å². The molecule has 1 aromatic rings. The van der Waals surface area contributed by atoms with Crippen molar-refractivity contribution in [1.29, 1.82) is 0 Å². The van der Waals surface area contributed by atoms with Gasteiger partial charge in [-0.2, -0.15) is 0 Å². The first kappa shape index (κ1) is 20.0. The number of hydrogen-bond acceptors (Lipinski definition) is 3. The largest absolute Gasteiger partial charge is 0.444 e. The molecular weight excluding hydrogens is 356 g/mol. The Hall–Kier alpha value is -1.07. The van der Waals surface area contributed by atoms with Crippen molar-refractivity contribution >= 4 is 22.0 Å². The lowest BCUT2D eigenvalue weighted by Gasteiger charge is -2.34. The van der Waals surface area contributed by atoms with E-state index in [9.17, 15) is 4.79 Å². The Labute approximate surface area is 148 Å². The minimum atomic E-state index is -0.479. The van der Waals surface area contributed by atoms with E-state index >= 15 is 0 Å². The Kier molecular flexibility index (Phi) is 7.55. The van der Waals surface area contributed by atoms with E-state index in [1.54, 1.807) is 0 Å². The third-order valence-corrected chi connectivity index (χ3v) is 4.71. The predicted molar refractivity (Wildman–Crippen MR) is 98.5 cm³/mol. The quantitative estimate of drug-likeness (QED) is 0.720. The second-order valence-corrected chi connectivity index (χ2v) is 7.64. The molecule has 0 unspecified atom stereocenters. The molecule has 1 rings (SSSR count). The molecule has 0 heterocycles. The van der Waals surface area contributed by atoms with E-state index in [0.717, 1.165) is 23.9 Å². The van der Waals surface area contributed by atoms with Gasteiger partial charge in [0, 0.05) is 23.1 Å². The molecule has 0 bridgehead atoms. The summed E-state index contributed by atoms with van der Waals surface area (Å²) < 4.78 is 6.41. The lowest BCUT2D eigenvalue weighted by molar-refractivity contribution is 0.0507. The highest BCUT2D eigenvalue weighted by Crippen LogP contribution is 2.19. The Balaban J connectivity index is 2.64. The Bertz CT molecular complexity index is 508. The molecule has 0 fully saturated rings. The molecule has 1 aromatic carbocycles. The molecule has 0 saturated heterocycles. The summed E-state index contributed by atoms with van der Waals surface area (Å²) >= 11 is 3.57. The highest BCUT2D eigenvalue weighted by molar-refractivity contribution is 9.10. The molecule has 0 aliphatic heterocycles. The molecule has 5 heteroatoms. The molecule has 130 valence electrons. The van der Waals surface area contributed by atoms with Gasteiger partial charge < -0.3 is 15.4 Å². The lowest BCUT2D eigenvalue weighted by Crippen LogP contribution is -2.53. The Morgan fingerprint density at radius 3 is 2.30 bits per heavy atom. The Morgan fingerprint density at radius 1 is 1.17 bits per heavy atom. The van der Waals surface area contributed by atoms with Gasteiger partial charge in [-0.25, -0.2) is 4.79 Å². The molecule has 4 nitrogen and oxygen atoms in total. The maximum atomic E-state index is 11.9. The number of ether oxygens (including phenoxy) is 1. The van der Waals surface area contributed by atoms with E-state index in [2.05, 4.69) is 46.5 Å². The first-order chi connectivity index (χ1) is 10.7. The molecule has 0 aromatic heterocycles. The number of amides is 1. The van der Waals surface area contributed by atoms with Crippen molar-refractivity contribution in [2.75, 3.05) is 6.54 Å². The monoisotopic (exact) mass is 384 g/mol. The second kappa shape index (κ2) is 8.69. The van der Waals surface area contributed by atoms with Crippen LogP contribution in [0.15, 0.2) is 28.7 Å². The van der Waals surface area contributed by atoms with Crippen molar-refractivity contribution in [2.24, 2.45) is 0 Å². The topological polar surface area (TPSA) is 50.4 Å². The number of carbonyl (C=O) groups excluding carboxylic acids is 1. The maximum Gasteiger partial charge on any atom is 0.407 e. The van der Waals surface area contributed by atoms with Gasteiger partial charge in [0.05, 0.1) is 0 Å². The van der Waals surface area contributed by atoms with E-state index in [0.29, 0.717) is 6.54 Å². The first-order valence-electron chi connectivity index (χ1n) is 8.16. The molecule has 0 radical (unpaired) electrons. The van der Waals surface area contributed by atoms with E-state index in [1.165, 1.54) is 5.56 Å². The average Bonchev–Trinajstić information content (AvgIpc) is 2.48. The Morgan fingerprint density at radius 2 is 1.78 bits per heavy atom. The van der Waals surface area contributed by atoms with E-state index in [4.69, 9.17) is 4.74 Å². The van der Waals surface area contributed by atoms with Gasteiger partial charge in [0.25, 0.3) is 0 Å². The van der Waals surface area contributed by atoms with Crippen molar-refractivity contribution in [1.82, 2.24) is 10.6 Å². The average molecular weight is 385 g/mol. The van der Waals surface area contributed by atoms with Crippen LogP contribution in [-0.4, -0.2) is 23.8 Å². The summed E-state index contributed by atoms with van der Waals surface area (Å²) in [5.74, 6) is 0. The molecule has 0 saturated carbocycles. The van der Waals surface area contributed by atoms with Crippen LogP contribution in [0.2, 0.25) is 0 Å². The standard InChI is InChI=1S/C18H29BrN2O2/c1-6-18(7-2,13-20-16(22)23-17(3,4)5)21-12-14-10-8-9-11-15(14)19/h8-11,21H,6-7,12-13H2,1-5H3,(H,20,22). The minimum Gasteiger partial charge on any atom is -0.444 e. The zero-order valence-electron chi connectivity index (χ0n) is 14.8. The van der Waals surface area contributed by atoms with Crippen LogP contribution in [0.5, 0.6) is 0 Å². The zero-order valence-corrected chi connectivity index (χ0v) is 16.4. The van der Waals surface area contributed by atoms with E-state index < -0.39 is 5.60 Å². The molecule has 0 atom stereocenters. The van der Waals surface area contributed by atoms with Crippen LogP contribution in [0.4, 0.5) is 4.79 Å². The van der Waals surface area contributed by atoms with Gasteiger partial charge >= 0.3 is 6.09 Å². The molecular formula is C18H29BrN2O2. The third-order valence-electron chi connectivity index (χ3n) is 3.94. The van der Waals surface area contributed by atoms with Crippen LogP contribution in [0.25, 0.3) is 0 Å². The second-order valence-electron chi connectivity index (χ2n) is 6.79. The van der Waals surface area contributed by atoms with Gasteiger partial charge in [0.15, 0.2) is 0 Å². The van der Waals surface area contributed by atoms with Gasteiger partial charge in [-0.1, -0.05) is 48.0 Å². The van der Waals surface area contributed by atoms with Gasteiger partial charge in [-0.3, -0.25) is 0 Å². The predicted octanol–water partition coefficient (Wildman–Crippen LogP) is 4.62. The van der Waals surface area contributed by atoms with Crippen LogP contribution in [0, 0.1) is 0 Å². The molecule has 0 aliphatic rings. The van der Waals surface area contributed by atoms with Crippen LogP contribution < -0.4 is 10.6 Å². The highest BCUT2D eigenvalue weighted by Gasteiger charge is 2.27. The summed E-state index contributed by atoms with van der Waals surface area (Å²) in [6, 6.07) is 8.16. The van der Waals surface area contributed by atoms with Crippen LogP contribution >= 0.6 is 15.9 Å². The van der Waals surface area contributed by atoms with Crippen LogP contribution in [0.3, 0.4) is 0 Å². The van der Waals surface area contributed by atoms with Crippen LogP contribution in [-0.2, 0) is 11.3 Å². The fourth-order valence-corrected chi connectivity index (χ4v) is 2.72. The number of nitrogens with one attached hydrogen (secondary N) is 2. The van der Waals surface area contributed by atoms with Crippen molar-refractivity contribution < 1.29 is 9.53 Å². The van der Waals surface area contributed by atoms with Crippen molar-refractivity contribution in [2.45, 2.75) is 65.1 Å².